The van der Waals surface area contributed by atoms with Crippen LogP contribution in [0.2, 0.25) is 5.02 Å². The van der Waals surface area contributed by atoms with Crippen LogP contribution in [0.15, 0.2) is 53.5 Å². The monoisotopic (exact) mass is 327 g/mol. The van der Waals surface area contributed by atoms with Gasteiger partial charge < -0.3 is 5.32 Å². The van der Waals surface area contributed by atoms with E-state index in [1.807, 2.05) is 19.1 Å². The minimum atomic E-state index is -0.319. The van der Waals surface area contributed by atoms with Gasteiger partial charge in [-0.05, 0) is 36.8 Å². The standard InChI is InChI=1S/C17H14ClN3O2/c1-11-6-7-12(8-13(11)18)20-16(22)10-21-15-5-3-2-4-14(15)19-9-17(21)23/h2-9H,10H2,1H3,(H,20,22). The van der Waals surface area contributed by atoms with Gasteiger partial charge in [-0.2, -0.15) is 0 Å². The van der Waals surface area contributed by atoms with Gasteiger partial charge in [0.2, 0.25) is 5.91 Å². The number of aryl methyl sites for hydroxylation is 1. The van der Waals surface area contributed by atoms with Crippen molar-refractivity contribution in [1.82, 2.24) is 9.55 Å². The second kappa shape index (κ2) is 6.22. The molecule has 0 saturated carbocycles. The molecule has 0 bridgehead atoms. The smallest absolute Gasteiger partial charge is 0.269 e. The number of fused-ring (bicyclic) bond motifs is 1. The van der Waals surface area contributed by atoms with E-state index in [1.165, 1.54) is 10.8 Å². The molecule has 1 amide bonds. The number of nitrogens with one attached hydrogen (secondary N) is 1. The number of halogens is 1. The maximum atomic E-state index is 12.2. The number of para-hydroxylation sites is 2. The predicted molar refractivity (Wildman–Crippen MR) is 90.8 cm³/mol. The summed E-state index contributed by atoms with van der Waals surface area (Å²) in [6, 6.07) is 12.5. The summed E-state index contributed by atoms with van der Waals surface area (Å²) < 4.78 is 1.40. The summed E-state index contributed by atoms with van der Waals surface area (Å²) in [5.74, 6) is -0.302. The van der Waals surface area contributed by atoms with Crippen LogP contribution >= 0.6 is 11.6 Å². The summed E-state index contributed by atoms with van der Waals surface area (Å²) in [6.07, 6.45) is 1.22. The van der Waals surface area contributed by atoms with E-state index in [-0.39, 0.29) is 18.0 Å². The van der Waals surface area contributed by atoms with Crippen LogP contribution in [0.1, 0.15) is 5.56 Å². The third-order valence-electron chi connectivity index (χ3n) is 3.51. The lowest BCUT2D eigenvalue weighted by Crippen LogP contribution is -2.27. The van der Waals surface area contributed by atoms with Gasteiger partial charge in [-0.25, -0.2) is 4.98 Å². The van der Waals surface area contributed by atoms with E-state index in [4.69, 9.17) is 11.6 Å². The van der Waals surface area contributed by atoms with Crippen LogP contribution < -0.4 is 10.9 Å². The molecule has 1 heterocycles. The number of carbonyl (C=O) groups excluding carboxylic acids is 1. The van der Waals surface area contributed by atoms with Gasteiger partial charge in [0.25, 0.3) is 5.56 Å². The Balaban J connectivity index is 1.87. The molecule has 6 heteroatoms. The first kappa shape index (κ1) is 15.2. The van der Waals surface area contributed by atoms with E-state index in [1.54, 1.807) is 30.3 Å². The van der Waals surface area contributed by atoms with Crippen molar-refractivity contribution in [2.75, 3.05) is 5.32 Å². The molecular weight excluding hydrogens is 314 g/mol. The SMILES string of the molecule is Cc1ccc(NC(=O)Cn2c(=O)cnc3ccccc32)cc1Cl. The molecule has 0 atom stereocenters. The molecule has 5 nitrogen and oxygen atoms in total. The summed E-state index contributed by atoms with van der Waals surface area (Å²) in [7, 11) is 0. The Morgan fingerprint density at radius 2 is 2.04 bits per heavy atom. The van der Waals surface area contributed by atoms with Gasteiger partial charge in [-0.3, -0.25) is 14.2 Å². The molecule has 0 saturated heterocycles. The molecule has 116 valence electrons. The predicted octanol–water partition coefficient (Wildman–Crippen LogP) is 3.00. The Morgan fingerprint density at radius 3 is 2.83 bits per heavy atom. The molecule has 1 aromatic heterocycles. The Kier molecular flexibility index (Phi) is 4.12. The fraction of sp³-hybridized carbons (Fsp3) is 0.118. The summed E-state index contributed by atoms with van der Waals surface area (Å²) in [6.45, 7) is 1.80. The van der Waals surface area contributed by atoms with E-state index in [0.717, 1.165) is 5.56 Å². The Hall–Kier alpha value is -2.66. The quantitative estimate of drug-likeness (QED) is 0.804. The number of hydrogen-bond acceptors (Lipinski definition) is 3. The van der Waals surface area contributed by atoms with Crippen molar-refractivity contribution in [2.45, 2.75) is 13.5 Å². The average Bonchev–Trinajstić information content (AvgIpc) is 2.54. The van der Waals surface area contributed by atoms with Crippen molar-refractivity contribution in [1.29, 1.82) is 0 Å². The van der Waals surface area contributed by atoms with Gasteiger partial charge >= 0.3 is 0 Å². The van der Waals surface area contributed by atoms with E-state index in [0.29, 0.717) is 21.7 Å². The highest BCUT2D eigenvalue weighted by atomic mass is 35.5. The summed E-state index contributed by atoms with van der Waals surface area (Å²) in [5, 5.41) is 3.32. The van der Waals surface area contributed by atoms with Crippen molar-refractivity contribution < 1.29 is 4.79 Å². The molecular formula is C17H14ClN3O2. The van der Waals surface area contributed by atoms with Gasteiger partial charge in [0.05, 0.1) is 17.2 Å². The first-order chi connectivity index (χ1) is 11.0. The molecule has 0 aliphatic heterocycles. The average molecular weight is 328 g/mol. The highest BCUT2D eigenvalue weighted by molar-refractivity contribution is 6.31. The minimum Gasteiger partial charge on any atom is -0.324 e. The third kappa shape index (κ3) is 3.24. The number of amides is 1. The van der Waals surface area contributed by atoms with Crippen LogP contribution in [0.5, 0.6) is 0 Å². The number of carbonyl (C=O) groups is 1. The Morgan fingerprint density at radius 1 is 1.26 bits per heavy atom. The molecule has 0 radical (unpaired) electrons. The largest absolute Gasteiger partial charge is 0.324 e. The third-order valence-corrected chi connectivity index (χ3v) is 3.92. The van der Waals surface area contributed by atoms with Crippen LogP contribution in [-0.2, 0) is 11.3 Å². The Labute approximate surface area is 137 Å². The van der Waals surface area contributed by atoms with Gasteiger partial charge in [0.15, 0.2) is 0 Å². The second-order valence-electron chi connectivity index (χ2n) is 5.18. The number of hydrogen-bond donors (Lipinski definition) is 1. The van der Waals surface area contributed by atoms with E-state index in [2.05, 4.69) is 10.3 Å². The number of aromatic nitrogens is 2. The van der Waals surface area contributed by atoms with Gasteiger partial charge in [-0.1, -0.05) is 29.8 Å². The maximum absolute atomic E-state index is 12.2. The first-order valence-corrected chi connectivity index (χ1v) is 7.43. The summed E-state index contributed by atoms with van der Waals surface area (Å²) in [5.41, 5.74) is 2.49. The van der Waals surface area contributed by atoms with Gasteiger partial charge in [0.1, 0.15) is 6.54 Å². The first-order valence-electron chi connectivity index (χ1n) is 7.05. The molecule has 0 aliphatic rings. The summed E-state index contributed by atoms with van der Waals surface area (Å²) in [4.78, 5) is 28.3. The van der Waals surface area contributed by atoms with Crippen LogP contribution in [-0.4, -0.2) is 15.5 Å². The fourth-order valence-electron chi connectivity index (χ4n) is 2.29. The lowest BCUT2D eigenvalue weighted by molar-refractivity contribution is -0.116. The van der Waals surface area contributed by atoms with Crippen molar-refractivity contribution >= 4 is 34.2 Å². The van der Waals surface area contributed by atoms with E-state index >= 15 is 0 Å². The molecule has 0 unspecified atom stereocenters. The van der Waals surface area contributed by atoms with Crippen molar-refractivity contribution in [3.63, 3.8) is 0 Å². The van der Waals surface area contributed by atoms with Crippen molar-refractivity contribution in [3.8, 4) is 0 Å². The molecule has 3 aromatic rings. The lowest BCUT2D eigenvalue weighted by atomic mass is 10.2. The molecule has 2 aromatic carbocycles. The number of benzene rings is 2. The molecule has 0 aliphatic carbocycles. The van der Waals surface area contributed by atoms with Crippen LogP contribution in [0.4, 0.5) is 5.69 Å². The number of rotatable bonds is 3. The van der Waals surface area contributed by atoms with Gasteiger partial charge in [0, 0.05) is 10.7 Å². The minimum absolute atomic E-state index is 0.0899. The van der Waals surface area contributed by atoms with Gasteiger partial charge in [-0.15, -0.1) is 0 Å². The highest BCUT2D eigenvalue weighted by Crippen LogP contribution is 2.20. The topological polar surface area (TPSA) is 64.0 Å². The van der Waals surface area contributed by atoms with E-state index in [9.17, 15) is 9.59 Å². The normalized spacial score (nSPS) is 10.7. The van der Waals surface area contributed by atoms with Crippen LogP contribution in [0.3, 0.4) is 0 Å². The maximum Gasteiger partial charge on any atom is 0.269 e. The molecule has 23 heavy (non-hydrogen) atoms. The van der Waals surface area contributed by atoms with Crippen molar-refractivity contribution in [3.05, 3.63) is 69.6 Å². The Bertz CT molecular complexity index is 950. The zero-order valence-corrected chi connectivity index (χ0v) is 13.2. The number of nitrogens with zero attached hydrogens (tertiary/aromatic N) is 2. The zero-order chi connectivity index (χ0) is 16.4. The summed E-state index contributed by atoms with van der Waals surface area (Å²) >= 11 is 6.05. The molecule has 0 fully saturated rings. The van der Waals surface area contributed by atoms with Crippen LogP contribution in [0.25, 0.3) is 11.0 Å². The molecule has 1 N–H and O–H groups in total. The van der Waals surface area contributed by atoms with Crippen molar-refractivity contribution in [2.24, 2.45) is 0 Å². The highest BCUT2D eigenvalue weighted by Gasteiger charge is 2.09. The molecule has 0 spiro atoms. The number of anilines is 1. The van der Waals surface area contributed by atoms with Crippen LogP contribution in [0, 0.1) is 6.92 Å². The van der Waals surface area contributed by atoms with E-state index < -0.39 is 0 Å². The fourth-order valence-corrected chi connectivity index (χ4v) is 2.47. The second-order valence-corrected chi connectivity index (χ2v) is 5.59. The molecule has 3 rings (SSSR count). The zero-order valence-electron chi connectivity index (χ0n) is 12.4. The lowest BCUT2D eigenvalue weighted by Gasteiger charge is -2.10.